The minimum Gasteiger partial charge on any atom is -0.360 e. The molecule has 0 radical (unpaired) electrons. The van der Waals surface area contributed by atoms with E-state index in [0.717, 1.165) is 31.9 Å². The van der Waals surface area contributed by atoms with Crippen LogP contribution in [-0.2, 0) is 4.79 Å². The predicted molar refractivity (Wildman–Crippen MR) is 101 cm³/mol. The molecule has 1 heterocycles. The molecule has 1 amide bonds. The SMILES string of the molecule is N#Cc1ccc(NC(=O)C[NH+]2CCN(c3ccc([N+](=O)[O-])cc3)CC2)cc1. The third kappa shape index (κ3) is 4.80. The highest BCUT2D eigenvalue weighted by molar-refractivity contribution is 5.91. The maximum absolute atomic E-state index is 12.2. The van der Waals surface area contributed by atoms with E-state index >= 15 is 0 Å². The van der Waals surface area contributed by atoms with Crippen molar-refractivity contribution in [3.05, 3.63) is 64.2 Å². The minimum absolute atomic E-state index is 0.0570. The number of hydrogen-bond acceptors (Lipinski definition) is 5. The van der Waals surface area contributed by atoms with E-state index in [9.17, 15) is 14.9 Å². The molecule has 1 aliphatic rings. The zero-order valence-electron chi connectivity index (χ0n) is 14.7. The summed E-state index contributed by atoms with van der Waals surface area (Å²) < 4.78 is 0. The Balaban J connectivity index is 1.47. The number of anilines is 2. The summed E-state index contributed by atoms with van der Waals surface area (Å²) in [6, 6.07) is 15.4. The van der Waals surface area contributed by atoms with Gasteiger partial charge in [0.05, 0.1) is 42.7 Å². The van der Waals surface area contributed by atoms with Gasteiger partial charge in [-0.1, -0.05) is 0 Å². The smallest absolute Gasteiger partial charge is 0.279 e. The molecule has 1 fully saturated rings. The van der Waals surface area contributed by atoms with Crippen LogP contribution in [0, 0.1) is 21.4 Å². The first-order valence-corrected chi connectivity index (χ1v) is 8.68. The molecule has 1 saturated heterocycles. The Bertz CT molecular complexity index is 850. The number of nitriles is 1. The molecule has 0 saturated carbocycles. The lowest BCUT2D eigenvalue weighted by atomic mass is 10.2. The van der Waals surface area contributed by atoms with Gasteiger partial charge in [-0.25, -0.2) is 0 Å². The van der Waals surface area contributed by atoms with Crippen LogP contribution >= 0.6 is 0 Å². The molecule has 0 aromatic heterocycles. The maximum atomic E-state index is 12.2. The number of nitrogens with one attached hydrogen (secondary N) is 2. The second kappa shape index (κ2) is 8.29. The highest BCUT2D eigenvalue weighted by Gasteiger charge is 2.22. The largest absolute Gasteiger partial charge is 0.360 e. The lowest BCUT2D eigenvalue weighted by molar-refractivity contribution is -0.892. The van der Waals surface area contributed by atoms with Gasteiger partial charge in [0.25, 0.3) is 11.6 Å². The molecular formula is C19H20N5O3+. The van der Waals surface area contributed by atoms with Crippen LogP contribution in [0.2, 0.25) is 0 Å². The van der Waals surface area contributed by atoms with Gasteiger partial charge in [0, 0.05) is 23.5 Å². The molecule has 0 spiro atoms. The molecule has 8 nitrogen and oxygen atoms in total. The van der Waals surface area contributed by atoms with Crippen molar-refractivity contribution >= 4 is 23.0 Å². The standard InChI is InChI=1S/C19H19N5O3/c20-13-15-1-3-16(4-2-15)21-19(25)14-22-9-11-23(12-10-22)17-5-7-18(8-6-17)24(26)27/h1-8H,9-12,14H2,(H,21,25)/p+1. The fraction of sp³-hybridized carbons (Fsp3) is 0.263. The normalized spacial score (nSPS) is 14.4. The van der Waals surface area contributed by atoms with Crippen molar-refractivity contribution in [2.75, 3.05) is 42.9 Å². The number of nitro benzene ring substituents is 1. The summed E-state index contributed by atoms with van der Waals surface area (Å²) in [6.45, 7) is 3.60. The Morgan fingerprint density at radius 3 is 2.33 bits per heavy atom. The highest BCUT2D eigenvalue weighted by Crippen LogP contribution is 2.19. The molecule has 0 aliphatic carbocycles. The van der Waals surface area contributed by atoms with Gasteiger partial charge >= 0.3 is 0 Å². The molecule has 1 aliphatic heterocycles. The van der Waals surface area contributed by atoms with Crippen molar-refractivity contribution in [1.82, 2.24) is 0 Å². The number of hydrogen-bond donors (Lipinski definition) is 2. The van der Waals surface area contributed by atoms with Crippen molar-refractivity contribution in [2.24, 2.45) is 0 Å². The van der Waals surface area contributed by atoms with Crippen molar-refractivity contribution in [3.63, 3.8) is 0 Å². The van der Waals surface area contributed by atoms with E-state index in [1.807, 2.05) is 6.07 Å². The average molecular weight is 366 g/mol. The third-order valence-corrected chi connectivity index (χ3v) is 4.60. The molecule has 138 valence electrons. The number of amides is 1. The number of carbonyl (C=O) groups excluding carboxylic acids is 1. The number of nitro groups is 1. The minimum atomic E-state index is -0.404. The van der Waals surface area contributed by atoms with Gasteiger partial charge in [-0.05, 0) is 36.4 Å². The Kier molecular flexibility index (Phi) is 5.64. The molecular weight excluding hydrogens is 346 g/mol. The zero-order chi connectivity index (χ0) is 19.2. The van der Waals surface area contributed by atoms with Crippen molar-refractivity contribution in [1.29, 1.82) is 5.26 Å². The molecule has 2 N–H and O–H groups in total. The number of nitrogens with zero attached hydrogens (tertiary/aromatic N) is 3. The first-order valence-electron chi connectivity index (χ1n) is 8.68. The summed E-state index contributed by atoms with van der Waals surface area (Å²) >= 11 is 0. The fourth-order valence-electron chi connectivity index (χ4n) is 3.10. The first-order chi connectivity index (χ1) is 13.0. The summed E-state index contributed by atoms with van der Waals surface area (Å²) in [5.74, 6) is -0.0570. The second-order valence-corrected chi connectivity index (χ2v) is 6.42. The number of benzene rings is 2. The van der Waals surface area contributed by atoms with Crippen LogP contribution in [0.3, 0.4) is 0 Å². The Hall–Kier alpha value is -3.44. The van der Waals surface area contributed by atoms with E-state index in [-0.39, 0.29) is 11.6 Å². The van der Waals surface area contributed by atoms with Crippen LogP contribution < -0.4 is 15.1 Å². The van der Waals surface area contributed by atoms with Crippen molar-refractivity contribution in [3.8, 4) is 6.07 Å². The molecule has 0 bridgehead atoms. The zero-order valence-corrected chi connectivity index (χ0v) is 14.7. The Labute approximate surface area is 156 Å². The van der Waals surface area contributed by atoms with Gasteiger partial charge in [-0.2, -0.15) is 5.26 Å². The number of rotatable bonds is 5. The van der Waals surface area contributed by atoms with Crippen LogP contribution in [-0.4, -0.2) is 43.6 Å². The number of non-ortho nitro benzene ring substituents is 1. The van der Waals surface area contributed by atoms with Crippen LogP contribution in [0.15, 0.2) is 48.5 Å². The van der Waals surface area contributed by atoms with Crippen LogP contribution in [0.25, 0.3) is 0 Å². The number of carbonyl (C=O) groups is 1. The predicted octanol–water partition coefficient (Wildman–Crippen LogP) is 0.810. The second-order valence-electron chi connectivity index (χ2n) is 6.42. The van der Waals surface area contributed by atoms with Gasteiger partial charge in [-0.3, -0.25) is 14.9 Å². The topological polar surface area (TPSA) is 104 Å². The van der Waals surface area contributed by atoms with Crippen molar-refractivity contribution in [2.45, 2.75) is 0 Å². The molecule has 8 heteroatoms. The maximum Gasteiger partial charge on any atom is 0.279 e. The average Bonchev–Trinajstić information content (AvgIpc) is 2.69. The van der Waals surface area contributed by atoms with Crippen LogP contribution in [0.4, 0.5) is 17.1 Å². The van der Waals surface area contributed by atoms with E-state index in [4.69, 9.17) is 5.26 Å². The number of quaternary nitrogens is 1. The summed E-state index contributed by atoms with van der Waals surface area (Å²) in [6.07, 6.45) is 0. The van der Waals surface area contributed by atoms with E-state index in [1.165, 1.54) is 17.0 Å². The molecule has 2 aromatic rings. The summed E-state index contributed by atoms with van der Waals surface area (Å²) in [4.78, 5) is 25.9. The highest BCUT2D eigenvalue weighted by atomic mass is 16.6. The Morgan fingerprint density at radius 2 is 1.78 bits per heavy atom. The summed E-state index contributed by atoms with van der Waals surface area (Å²) in [5, 5.41) is 22.4. The van der Waals surface area contributed by atoms with Gasteiger partial charge in [0.2, 0.25) is 0 Å². The van der Waals surface area contributed by atoms with Crippen LogP contribution in [0.5, 0.6) is 0 Å². The van der Waals surface area contributed by atoms with E-state index in [0.29, 0.717) is 17.8 Å². The molecule has 0 unspecified atom stereocenters. The number of piperazine rings is 1. The molecule has 3 rings (SSSR count). The van der Waals surface area contributed by atoms with E-state index in [1.54, 1.807) is 36.4 Å². The lowest BCUT2D eigenvalue weighted by Crippen LogP contribution is -3.15. The van der Waals surface area contributed by atoms with Gasteiger partial charge in [0.15, 0.2) is 6.54 Å². The third-order valence-electron chi connectivity index (χ3n) is 4.60. The van der Waals surface area contributed by atoms with Gasteiger partial charge in [-0.15, -0.1) is 0 Å². The van der Waals surface area contributed by atoms with Gasteiger partial charge in [0.1, 0.15) is 0 Å². The first kappa shape index (κ1) is 18.4. The van der Waals surface area contributed by atoms with E-state index in [2.05, 4.69) is 10.2 Å². The molecule has 2 aromatic carbocycles. The van der Waals surface area contributed by atoms with Crippen molar-refractivity contribution < 1.29 is 14.6 Å². The quantitative estimate of drug-likeness (QED) is 0.602. The summed E-state index contributed by atoms with van der Waals surface area (Å²) in [7, 11) is 0. The van der Waals surface area contributed by atoms with Crippen LogP contribution in [0.1, 0.15) is 5.56 Å². The Morgan fingerprint density at radius 1 is 1.15 bits per heavy atom. The fourth-order valence-corrected chi connectivity index (χ4v) is 3.10. The molecule has 27 heavy (non-hydrogen) atoms. The summed E-state index contributed by atoms with van der Waals surface area (Å²) in [5.41, 5.74) is 2.29. The lowest BCUT2D eigenvalue weighted by Gasteiger charge is -2.33. The van der Waals surface area contributed by atoms with Gasteiger partial charge < -0.3 is 15.1 Å². The monoisotopic (exact) mass is 366 g/mol. The van der Waals surface area contributed by atoms with E-state index < -0.39 is 4.92 Å². The molecule has 0 atom stereocenters.